The van der Waals surface area contributed by atoms with Crippen molar-refractivity contribution in [2.24, 2.45) is 5.73 Å². The highest BCUT2D eigenvalue weighted by Gasteiger charge is 2.33. The lowest BCUT2D eigenvalue weighted by Crippen LogP contribution is -2.47. The van der Waals surface area contributed by atoms with Gasteiger partial charge < -0.3 is 16.0 Å². The Hall–Kier alpha value is -3.43. The van der Waals surface area contributed by atoms with Gasteiger partial charge in [-0.3, -0.25) is 15.0 Å². The Balaban J connectivity index is 1.48. The van der Waals surface area contributed by atoms with Crippen molar-refractivity contribution in [2.45, 2.75) is 70.4 Å². The van der Waals surface area contributed by atoms with Gasteiger partial charge in [-0.2, -0.15) is 4.98 Å². The number of carbonyl (C=O) groups excluding carboxylic acids is 1. The number of nitro groups is 1. The van der Waals surface area contributed by atoms with Crippen molar-refractivity contribution in [2.75, 3.05) is 29.2 Å². The van der Waals surface area contributed by atoms with Crippen molar-refractivity contribution >= 4 is 29.2 Å². The minimum atomic E-state index is -0.669. The molecule has 0 spiro atoms. The average molecular weight is 468 g/mol. The second kappa shape index (κ2) is 9.82. The first-order chi connectivity index (χ1) is 16.2. The summed E-state index contributed by atoms with van der Waals surface area (Å²) in [6, 6.07) is 4.16. The summed E-state index contributed by atoms with van der Waals surface area (Å²) in [5.74, 6) is 1.63. The van der Waals surface area contributed by atoms with Gasteiger partial charge >= 0.3 is 6.03 Å². The molecule has 3 N–H and O–H groups in total. The molecule has 1 fully saturated rings. The number of benzene rings is 1. The molecule has 1 saturated carbocycles. The van der Waals surface area contributed by atoms with Gasteiger partial charge in [-0.1, -0.05) is 6.07 Å². The minimum absolute atomic E-state index is 0.0993. The molecule has 1 heterocycles. The molecule has 10 heteroatoms. The van der Waals surface area contributed by atoms with E-state index >= 15 is 0 Å². The number of fused-ring (bicyclic) bond motifs is 1. The van der Waals surface area contributed by atoms with Crippen LogP contribution in [0.2, 0.25) is 0 Å². The molecule has 2 aromatic rings. The molecule has 34 heavy (non-hydrogen) atoms. The van der Waals surface area contributed by atoms with Gasteiger partial charge in [-0.25, -0.2) is 9.78 Å². The molecular formula is C24H33N7O3. The minimum Gasteiger partial charge on any atom is -0.362 e. The number of hydrogen-bond acceptors (Lipinski definition) is 7. The zero-order valence-corrected chi connectivity index (χ0v) is 20.1. The summed E-state index contributed by atoms with van der Waals surface area (Å²) in [6.45, 7) is 1.78. The number of hydrogen-bond donors (Lipinski definition) is 2. The molecule has 0 unspecified atom stereocenters. The molecule has 2 aliphatic rings. The Labute approximate surface area is 199 Å². The van der Waals surface area contributed by atoms with Crippen LogP contribution in [0.15, 0.2) is 18.2 Å². The van der Waals surface area contributed by atoms with E-state index < -0.39 is 11.0 Å². The smallest absolute Gasteiger partial charge is 0.319 e. The van der Waals surface area contributed by atoms with E-state index in [0.717, 1.165) is 49.2 Å². The summed E-state index contributed by atoms with van der Waals surface area (Å²) in [5.41, 5.74) is 9.00. The maximum atomic E-state index is 12.4. The Morgan fingerprint density at radius 2 is 1.85 bits per heavy atom. The topological polar surface area (TPSA) is 131 Å². The average Bonchev–Trinajstić information content (AvgIpc) is 2.80. The number of urea groups is 1. The Bertz CT molecular complexity index is 1080. The number of aromatic nitrogens is 2. The molecule has 1 aromatic carbocycles. The van der Waals surface area contributed by atoms with E-state index in [-0.39, 0.29) is 23.5 Å². The third kappa shape index (κ3) is 4.90. The van der Waals surface area contributed by atoms with Crippen molar-refractivity contribution < 1.29 is 9.72 Å². The molecule has 182 valence electrons. The quantitative estimate of drug-likeness (QED) is 0.486. The summed E-state index contributed by atoms with van der Waals surface area (Å²) in [7, 11) is 4.02. The Morgan fingerprint density at radius 3 is 2.50 bits per heavy atom. The second-order valence-corrected chi connectivity index (χ2v) is 9.50. The number of aryl methyl sites for hydroxylation is 2. The van der Waals surface area contributed by atoms with E-state index in [4.69, 9.17) is 15.7 Å². The van der Waals surface area contributed by atoms with E-state index in [9.17, 15) is 14.9 Å². The third-order valence-corrected chi connectivity index (χ3v) is 6.80. The number of rotatable bonds is 6. The molecule has 0 saturated heterocycles. The fraction of sp³-hybridized carbons (Fsp3) is 0.542. The van der Waals surface area contributed by atoms with Gasteiger partial charge in [0.15, 0.2) is 0 Å². The Kier molecular flexibility index (Phi) is 6.85. The number of primary amides is 1. The molecule has 4 rings (SSSR count). The van der Waals surface area contributed by atoms with Crippen LogP contribution in [0.25, 0.3) is 0 Å². The molecule has 2 amide bonds. The molecule has 0 aliphatic heterocycles. The number of amides is 2. The number of nitrogens with two attached hydrogens (primary N) is 1. The fourth-order valence-corrected chi connectivity index (χ4v) is 5.15. The monoisotopic (exact) mass is 467 g/mol. The third-order valence-electron chi connectivity index (χ3n) is 6.80. The lowest BCUT2D eigenvalue weighted by molar-refractivity contribution is -0.384. The van der Waals surface area contributed by atoms with E-state index in [1.807, 2.05) is 19.0 Å². The van der Waals surface area contributed by atoms with Crippen LogP contribution < -0.4 is 20.9 Å². The van der Waals surface area contributed by atoms with Crippen LogP contribution >= 0.6 is 0 Å². The van der Waals surface area contributed by atoms with E-state index in [1.165, 1.54) is 23.0 Å². The number of nitro benzene ring substituents is 1. The van der Waals surface area contributed by atoms with Crippen LogP contribution in [-0.4, -0.2) is 47.1 Å². The molecule has 2 aliphatic carbocycles. The molecule has 0 bridgehead atoms. The standard InChI is InChI=1S/C24H33N7O3/c1-15-8-13-20(21(14-15)31(33)34)30(23(25)32)17-11-9-16(10-12-17)26-24-27-19-7-5-4-6-18(19)22(28-24)29(2)3/h8,13-14,16-17H,4-7,9-12H2,1-3H3,(H2,25,32)(H,26,27,28). The van der Waals surface area contributed by atoms with Crippen LogP contribution in [0.1, 0.15) is 55.3 Å². The van der Waals surface area contributed by atoms with Gasteiger partial charge in [0.1, 0.15) is 11.5 Å². The van der Waals surface area contributed by atoms with E-state index in [0.29, 0.717) is 18.8 Å². The lowest BCUT2D eigenvalue weighted by atomic mass is 9.89. The summed E-state index contributed by atoms with van der Waals surface area (Å²) >= 11 is 0. The summed E-state index contributed by atoms with van der Waals surface area (Å²) in [5, 5.41) is 15.1. The molecule has 10 nitrogen and oxygen atoms in total. The van der Waals surface area contributed by atoms with E-state index in [1.54, 1.807) is 19.1 Å². The predicted molar refractivity (Wildman–Crippen MR) is 133 cm³/mol. The normalized spacial score (nSPS) is 19.7. The molecule has 0 radical (unpaired) electrons. The Morgan fingerprint density at radius 1 is 1.15 bits per heavy atom. The number of nitrogens with zero attached hydrogens (tertiary/aromatic N) is 5. The van der Waals surface area contributed by atoms with E-state index in [2.05, 4.69) is 5.32 Å². The van der Waals surface area contributed by atoms with Gasteiger partial charge in [0.2, 0.25) is 5.95 Å². The fourth-order valence-electron chi connectivity index (χ4n) is 5.15. The maximum Gasteiger partial charge on any atom is 0.319 e. The summed E-state index contributed by atoms with van der Waals surface area (Å²) in [4.78, 5) is 36.6. The molecular weight excluding hydrogens is 434 g/mol. The predicted octanol–water partition coefficient (Wildman–Crippen LogP) is 3.95. The summed E-state index contributed by atoms with van der Waals surface area (Å²) in [6.07, 6.45) is 7.23. The van der Waals surface area contributed by atoms with Crippen LogP contribution in [-0.2, 0) is 12.8 Å². The number of anilines is 3. The summed E-state index contributed by atoms with van der Waals surface area (Å²) < 4.78 is 0. The highest BCUT2D eigenvalue weighted by atomic mass is 16.6. The first-order valence-corrected chi connectivity index (χ1v) is 11.9. The molecule has 0 atom stereocenters. The van der Waals surface area contributed by atoms with Crippen molar-refractivity contribution in [3.8, 4) is 0 Å². The van der Waals surface area contributed by atoms with Crippen LogP contribution in [0.3, 0.4) is 0 Å². The largest absolute Gasteiger partial charge is 0.362 e. The van der Waals surface area contributed by atoms with Crippen LogP contribution in [0.5, 0.6) is 0 Å². The maximum absolute atomic E-state index is 12.4. The van der Waals surface area contributed by atoms with Crippen LogP contribution in [0, 0.1) is 17.0 Å². The van der Waals surface area contributed by atoms with Crippen LogP contribution in [0.4, 0.5) is 27.9 Å². The van der Waals surface area contributed by atoms with Crippen molar-refractivity contribution in [1.82, 2.24) is 9.97 Å². The second-order valence-electron chi connectivity index (χ2n) is 9.50. The first-order valence-electron chi connectivity index (χ1n) is 11.9. The van der Waals surface area contributed by atoms with Crippen molar-refractivity contribution in [3.05, 3.63) is 45.1 Å². The van der Waals surface area contributed by atoms with Gasteiger partial charge in [0, 0.05) is 37.8 Å². The first kappa shape index (κ1) is 23.7. The highest BCUT2D eigenvalue weighted by molar-refractivity contribution is 5.94. The van der Waals surface area contributed by atoms with Gasteiger partial charge in [-0.15, -0.1) is 0 Å². The number of carbonyl (C=O) groups is 1. The molecule has 1 aromatic heterocycles. The SMILES string of the molecule is Cc1ccc(N(C(N)=O)C2CCC(Nc3nc4c(c(N(C)C)n3)CCCC4)CC2)c([N+](=O)[O-])c1. The lowest BCUT2D eigenvalue weighted by Gasteiger charge is -2.36. The van der Waals surface area contributed by atoms with Crippen molar-refractivity contribution in [1.29, 1.82) is 0 Å². The number of nitrogens with one attached hydrogen (secondary N) is 1. The van der Waals surface area contributed by atoms with Gasteiger partial charge in [0.25, 0.3) is 5.69 Å². The zero-order chi connectivity index (χ0) is 24.4. The van der Waals surface area contributed by atoms with Gasteiger partial charge in [0.05, 0.1) is 10.6 Å². The zero-order valence-electron chi connectivity index (χ0n) is 20.1. The highest BCUT2D eigenvalue weighted by Crippen LogP contribution is 2.35. The van der Waals surface area contributed by atoms with Gasteiger partial charge in [-0.05, 0) is 69.9 Å². The van der Waals surface area contributed by atoms with Crippen molar-refractivity contribution in [3.63, 3.8) is 0 Å².